The fraction of sp³-hybridized carbons (Fsp3) is 0.278. The second kappa shape index (κ2) is 5.01. The lowest BCUT2D eigenvalue weighted by molar-refractivity contribution is 0.496. The number of hydrogen-bond acceptors (Lipinski definition) is 2. The second-order valence-electron chi connectivity index (χ2n) is 5.86. The Bertz CT molecular complexity index is 774. The first kappa shape index (κ1) is 12.6. The third kappa shape index (κ3) is 2.14. The first-order valence-corrected chi connectivity index (χ1v) is 7.55. The summed E-state index contributed by atoms with van der Waals surface area (Å²) in [5, 5.41) is 4.89. The Balaban J connectivity index is 1.88. The zero-order valence-electron chi connectivity index (χ0n) is 12.2. The Hall–Kier alpha value is -2.13. The molecule has 3 heterocycles. The molecule has 1 aromatic carbocycles. The van der Waals surface area contributed by atoms with Gasteiger partial charge in [0.25, 0.3) is 0 Å². The Kier molecular flexibility index (Phi) is 3.00. The highest BCUT2D eigenvalue weighted by Gasteiger charge is 2.23. The van der Waals surface area contributed by atoms with Gasteiger partial charge in [0.1, 0.15) is 5.65 Å². The van der Waals surface area contributed by atoms with Gasteiger partial charge in [0.05, 0.1) is 0 Å². The predicted molar refractivity (Wildman–Crippen MR) is 85.3 cm³/mol. The molecule has 3 nitrogen and oxygen atoms in total. The van der Waals surface area contributed by atoms with Gasteiger partial charge in [-0.15, -0.1) is 0 Å². The molecule has 0 aliphatic carbocycles. The van der Waals surface area contributed by atoms with Crippen LogP contribution in [0.5, 0.6) is 0 Å². The second-order valence-corrected chi connectivity index (χ2v) is 5.86. The van der Waals surface area contributed by atoms with Gasteiger partial charge in [-0.05, 0) is 36.6 Å². The van der Waals surface area contributed by atoms with Crippen LogP contribution in [-0.4, -0.2) is 15.6 Å². The van der Waals surface area contributed by atoms with Crippen LogP contribution in [0.1, 0.15) is 23.7 Å². The van der Waals surface area contributed by atoms with Crippen LogP contribution in [0.4, 0.5) is 0 Å². The topological polar surface area (TPSA) is 29.9 Å². The molecule has 1 N–H and O–H groups in total. The molecule has 2 aromatic heterocycles. The average molecular weight is 277 g/mol. The number of rotatable bonds is 2. The van der Waals surface area contributed by atoms with Gasteiger partial charge in [-0.1, -0.05) is 30.3 Å². The summed E-state index contributed by atoms with van der Waals surface area (Å²) in [6, 6.07) is 15.4. The maximum Gasteiger partial charge on any atom is 0.140 e. The summed E-state index contributed by atoms with van der Waals surface area (Å²) in [5.41, 5.74) is 5.30. The van der Waals surface area contributed by atoms with Crippen molar-refractivity contribution in [3.05, 3.63) is 65.5 Å². The van der Waals surface area contributed by atoms with Crippen LogP contribution in [0.15, 0.2) is 48.7 Å². The van der Waals surface area contributed by atoms with E-state index in [2.05, 4.69) is 58.2 Å². The number of benzene rings is 1. The summed E-state index contributed by atoms with van der Waals surface area (Å²) in [6.45, 7) is 4.07. The van der Waals surface area contributed by atoms with Gasteiger partial charge in [-0.25, -0.2) is 4.98 Å². The molecule has 1 aliphatic heterocycles. The van der Waals surface area contributed by atoms with Gasteiger partial charge < -0.3 is 9.88 Å². The Morgan fingerprint density at radius 2 is 2.05 bits per heavy atom. The molecule has 1 aliphatic rings. The van der Waals surface area contributed by atoms with Gasteiger partial charge in [0, 0.05) is 36.4 Å². The van der Waals surface area contributed by atoms with Gasteiger partial charge in [-0.2, -0.15) is 0 Å². The molecular formula is C18H19N3. The predicted octanol–water partition coefficient (Wildman–Crippen LogP) is 3.12. The average Bonchev–Trinajstić information content (AvgIpc) is 2.82. The van der Waals surface area contributed by atoms with Crippen molar-refractivity contribution in [3.8, 4) is 0 Å². The van der Waals surface area contributed by atoms with Crippen molar-refractivity contribution >= 4 is 11.0 Å². The molecule has 0 bridgehead atoms. The van der Waals surface area contributed by atoms with Crippen LogP contribution in [0.3, 0.4) is 0 Å². The van der Waals surface area contributed by atoms with Crippen molar-refractivity contribution < 1.29 is 0 Å². The van der Waals surface area contributed by atoms with Crippen LogP contribution in [-0.2, 0) is 19.5 Å². The Morgan fingerprint density at radius 1 is 1.19 bits per heavy atom. The van der Waals surface area contributed by atoms with Gasteiger partial charge in [0.15, 0.2) is 0 Å². The highest BCUT2D eigenvalue weighted by Crippen LogP contribution is 2.29. The van der Waals surface area contributed by atoms with Crippen LogP contribution in [0.2, 0.25) is 0 Å². The van der Waals surface area contributed by atoms with E-state index in [1.165, 1.54) is 22.2 Å². The molecule has 1 atom stereocenters. The minimum Gasteiger partial charge on any atom is -0.324 e. The van der Waals surface area contributed by atoms with E-state index in [9.17, 15) is 0 Å². The van der Waals surface area contributed by atoms with Crippen LogP contribution in [0, 0.1) is 0 Å². The third-order valence-corrected chi connectivity index (χ3v) is 4.35. The summed E-state index contributed by atoms with van der Waals surface area (Å²) in [6.07, 6.45) is 2.98. The molecule has 0 radical (unpaired) electrons. The van der Waals surface area contributed by atoms with E-state index < -0.39 is 0 Å². The van der Waals surface area contributed by atoms with E-state index in [1.807, 2.05) is 12.3 Å². The van der Waals surface area contributed by atoms with Crippen molar-refractivity contribution in [3.63, 3.8) is 0 Å². The van der Waals surface area contributed by atoms with E-state index in [1.54, 1.807) is 0 Å². The molecule has 21 heavy (non-hydrogen) atoms. The van der Waals surface area contributed by atoms with Crippen LogP contribution in [0.25, 0.3) is 11.0 Å². The summed E-state index contributed by atoms with van der Waals surface area (Å²) in [5.74, 6) is 0. The zero-order valence-corrected chi connectivity index (χ0v) is 12.2. The SMILES string of the molecule is CC1Cc2c(n(Cc3ccccc3)c3ncccc23)CN1. The van der Waals surface area contributed by atoms with Gasteiger partial charge in [-0.3, -0.25) is 0 Å². The molecule has 0 spiro atoms. The van der Waals surface area contributed by atoms with Crippen molar-refractivity contribution in [2.45, 2.75) is 32.5 Å². The summed E-state index contributed by atoms with van der Waals surface area (Å²) in [7, 11) is 0. The lowest BCUT2D eigenvalue weighted by Gasteiger charge is -2.22. The molecule has 0 saturated carbocycles. The van der Waals surface area contributed by atoms with E-state index in [0.717, 1.165) is 25.2 Å². The van der Waals surface area contributed by atoms with Crippen molar-refractivity contribution in [1.82, 2.24) is 14.9 Å². The molecule has 3 aromatic rings. The minimum absolute atomic E-state index is 0.536. The van der Waals surface area contributed by atoms with Crippen LogP contribution >= 0.6 is 0 Å². The lowest BCUT2D eigenvalue weighted by atomic mass is 10.0. The van der Waals surface area contributed by atoms with Gasteiger partial charge in [0.2, 0.25) is 0 Å². The van der Waals surface area contributed by atoms with E-state index >= 15 is 0 Å². The first-order chi connectivity index (χ1) is 10.3. The Labute approximate surface area is 124 Å². The fourth-order valence-electron chi connectivity index (χ4n) is 3.31. The molecule has 1 unspecified atom stereocenters. The summed E-state index contributed by atoms with van der Waals surface area (Å²) >= 11 is 0. The minimum atomic E-state index is 0.536. The smallest absolute Gasteiger partial charge is 0.140 e. The number of hydrogen-bond donors (Lipinski definition) is 1. The molecule has 0 fully saturated rings. The molecule has 0 amide bonds. The maximum atomic E-state index is 4.64. The molecular weight excluding hydrogens is 258 g/mol. The lowest BCUT2D eigenvalue weighted by Crippen LogP contribution is -2.33. The largest absolute Gasteiger partial charge is 0.324 e. The highest BCUT2D eigenvalue weighted by atomic mass is 15.1. The molecule has 3 heteroatoms. The monoisotopic (exact) mass is 277 g/mol. The first-order valence-electron chi connectivity index (χ1n) is 7.55. The van der Waals surface area contributed by atoms with E-state index in [-0.39, 0.29) is 0 Å². The quantitative estimate of drug-likeness (QED) is 0.780. The van der Waals surface area contributed by atoms with E-state index in [0.29, 0.717) is 6.04 Å². The number of aromatic nitrogens is 2. The zero-order chi connectivity index (χ0) is 14.2. The normalized spacial score (nSPS) is 17.9. The number of pyridine rings is 1. The van der Waals surface area contributed by atoms with Crippen LogP contribution < -0.4 is 5.32 Å². The maximum absolute atomic E-state index is 4.64. The van der Waals surface area contributed by atoms with Crippen molar-refractivity contribution in [2.75, 3.05) is 0 Å². The molecule has 106 valence electrons. The van der Waals surface area contributed by atoms with E-state index in [4.69, 9.17) is 0 Å². The highest BCUT2D eigenvalue weighted by molar-refractivity contribution is 5.82. The van der Waals surface area contributed by atoms with Gasteiger partial charge >= 0.3 is 0 Å². The van der Waals surface area contributed by atoms with Crippen molar-refractivity contribution in [2.24, 2.45) is 0 Å². The third-order valence-electron chi connectivity index (χ3n) is 4.35. The number of nitrogens with zero attached hydrogens (tertiary/aromatic N) is 2. The molecule has 4 rings (SSSR count). The number of fused-ring (bicyclic) bond motifs is 3. The standard InChI is InChI=1S/C18H19N3/c1-13-10-16-15-8-5-9-19-18(15)21(17(16)11-20-13)12-14-6-3-2-4-7-14/h2-9,13,20H,10-12H2,1H3. The Morgan fingerprint density at radius 3 is 2.90 bits per heavy atom. The summed E-state index contributed by atoms with van der Waals surface area (Å²) in [4.78, 5) is 4.64. The van der Waals surface area contributed by atoms with Crippen molar-refractivity contribution in [1.29, 1.82) is 0 Å². The molecule has 0 saturated heterocycles. The number of nitrogens with one attached hydrogen (secondary N) is 1. The fourth-order valence-corrected chi connectivity index (χ4v) is 3.31. The summed E-state index contributed by atoms with van der Waals surface area (Å²) < 4.78 is 2.37.